The molecule has 0 unspecified atom stereocenters. The van der Waals surface area contributed by atoms with Crippen molar-refractivity contribution in [3.05, 3.63) is 51.2 Å². The molecule has 0 saturated carbocycles. The summed E-state index contributed by atoms with van der Waals surface area (Å²) in [5, 5.41) is 9.97. The van der Waals surface area contributed by atoms with Crippen LogP contribution >= 0.6 is 11.3 Å². The summed E-state index contributed by atoms with van der Waals surface area (Å²) in [4.78, 5) is 30.6. The van der Waals surface area contributed by atoms with E-state index in [-0.39, 0.29) is 18.3 Å². The number of hydrogen-bond donors (Lipinski definition) is 1. The first kappa shape index (κ1) is 17.5. The fourth-order valence-corrected chi connectivity index (χ4v) is 4.08. The number of aliphatic carboxylic acids is 1. The summed E-state index contributed by atoms with van der Waals surface area (Å²) >= 11 is 1.33. The molecule has 0 spiro atoms. The standard InChI is InChI=1S/C18H19FN2O3S/c1-11-16(17(22)21-8-2-3-13(10-21)18(23)24)25-15(20-11)9-12-4-6-14(19)7-5-12/h4-7,13H,2-3,8-10H2,1H3,(H,23,24)/t13-/m1/s1. The van der Waals surface area contributed by atoms with E-state index in [4.69, 9.17) is 0 Å². The van der Waals surface area contributed by atoms with E-state index in [0.29, 0.717) is 36.4 Å². The van der Waals surface area contributed by atoms with Crippen LogP contribution in [0.1, 0.15) is 38.8 Å². The van der Waals surface area contributed by atoms with Gasteiger partial charge in [0.2, 0.25) is 0 Å². The number of carboxylic acids is 1. The highest BCUT2D eigenvalue weighted by Gasteiger charge is 2.30. The predicted molar refractivity (Wildman–Crippen MR) is 92.3 cm³/mol. The monoisotopic (exact) mass is 362 g/mol. The summed E-state index contributed by atoms with van der Waals surface area (Å²) in [6.45, 7) is 2.61. The van der Waals surface area contributed by atoms with Crippen molar-refractivity contribution in [2.45, 2.75) is 26.2 Å². The zero-order valence-electron chi connectivity index (χ0n) is 13.9. The number of rotatable bonds is 4. The smallest absolute Gasteiger partial charge is 0.308 e. The van der Waals surface area contributed by atoms with Crippen LogP contribution in [0.3, 0.4) is 0 Å². The van der Waals surface area contributed by atoms with E-state index in [1.165, 1.54) is 23.5 Å². The number of piperidine rings is 1. The van der Waals surface area contributed by atoms with Crippen molar-refractivity contribution in [1.82, 2.24) is 9.88 Å². The number of halogens is 1. The van der Waals surface area contributed by atoms with Crippen LogP contribution in [0.25, 0.3) is 0 Å². The second-order valence-corrected chi connectivity index (χ2v) is 7.34. The third-order valence-electron chi connectivity index (χ3n) is 4.36. The molecule has 1 saturated heterocycles. The molecule has 1 aliphatic heterocycles. The number of aromatic nitrogens is 1. The molecule has 1 aliphatic rings. The molecular formula is C18H19FN2O3S. The van der Waals surface area contributed by atoms with Gasteiger partial charge in [-0.25, -0.2) is 9.37 Å². The lowest BCUT2D eigenvalue weighted by Gasteiger charge is -2.30. The summed E-state index contributed by atoms with van der Waals surface area (Å²) in [6, 6.07) is 6.22. The zero-order valence-corrected chi connectivity index (χ0v) is 14.7. The van der Waals surface area contributed by atoms with Gasteiger partial charge in [-0.1, -0.05) is 12.1 Å². The normalized spacial score (nSPS) is 17.5. The molecule has 0 bridgehead atoms. The van der Waals surface area contributed by atoms with E-state index in [2.05, 4.69) is 4.98 Å². The number of carbonyl (C=O) groups excluding carboxylic acids is 1. The quantitative estimate of drug-likeness (QED) is 0.907. The van der Waals surface area contributed by atoms with Gasteiger partial charge in [-0.05, 0) is 37.5 Å². The number of nitrogens with zero attached hydrogens (tertiary/aromatic N) is 2. The van der Waals surface area contributed by atoms with Crippen molar-refractivity contribution >= 4 is 23.2 Å². The first-order valence-electron chi connectivity index (χ1n) is 8.17. The molecular weight excluding hydrogens is 343 g/mol. The average molecular weight is 362 g/mol. The Bertz CT molecular complexity index is 788. The number of aryl methyl sites for hydroxylation is 1. The van der Waals surface area contributed by atoms with Crippen molar-refractivity contribution in [2.75, 3.05) is 13.1 Å². The largest absolute Gasteiger partial charge is 0.481 e. The molecule has 1 aromatic heterocycles. The highest BCUT2D eigenvalue weighted by atomic mass is 32.1. The van der Waals surface area contributed by atoms with Crippen LogP contribution in [-0.2, 0) is 11.2 Å². The number of amides is 1. The molecule has 25 heavy (non-hydrogen) atoms. The number of thiazole rings is 1. The maximum atomic E-state index is 13.0. The van der Waals surface area contributed by atoms with Crippen LogP contribution in [0.5, 0.6) is 0 Å². The molecule has 7 heteroatoms. The molecule has 1 fully saturated rings. The molecule has 0 aliphatic carbocycles. The van der Waals surface area contributed by atoms with E-state index >= 15 is 0 Å². The lowest BCUT2D eigenvalue weighted by molar-refractivity contribution is -0.143. The lowest BCUT2D eigenvalue weighted by atomic mass is 9.98. The Morgan fingerprint density at radius 3 is 2.76 bits per heavy atom. The minimum Gasteiger partial charge on any atom is -0.481 e. The van der Waals surface area contributed by atoms with E-state index in [9.17, 15) is 19.1 Å². The zero-order chi connectivity index (χ0) is 18.0. The molecule has 1 amide bonds. The third-order valence-corrected chi connectivity index (χ3v) is 5.51. The van der Waals surface area contributed by atoms with Crippen LogP contribution in [-0.4, -0.2) is 40.0 Å². The predicted octanol–water partition coefficient (Wildman–Crippen LogP) is 3.12. The Morgan fingerprint density at radius 1 is 1.36 bits per heavy atom. The van der Waals surface area contributed by atoms with Crippen molar-refractivity contribution in [3.8, 4) is 0 Å². The van der Waals surface area contributed by atoms with Crippen LogP contribution in [0.4, 0.5) is 4.39 Å². The highest BCUT2D eigenvalue weighted by molar-refractivity contribution is 7.13. The van der Waals surface area contributed by atoms with Gasteiger partial charge >= 0.3 is 5.97 Å². The summed E-state index contributed by atoms with van der Waals surface area (Å²) in [6.07, 6.45) is 1.84. The van der Waals surface area contributed by atoms with Gasteiger partial charge < -0.3 is 10.0 Å². The topological polar surface area (TPSA) is 70.5 Å². The molecule has 5 nitrogen and oxygen atoms in total. The van der Waals surface area contributed by atoms with Gasteiger partial charge in [-0.3, -0.25) is 9.59 Å². The maximum absolute atomic E-state index is 13.0. The SMILES string of the molecule is Cc1nc(Cc2ccc(F)cc2)sc1C(=O)N1CCC[C@@H](C(=O)O)C1. The van der Waals surface area contributed by atoms with E-state index in [0.717, 1.165) is 10.6 Å². The van der Waals surface area contributed by atoms with Gasteiger partial charge in [-0.2, -0.15) is 0 Å². The van der Waals surface area contributed by atoms with Crippen molar-refractivity contribution in [1.29, 1.82) is 0 Å². The van der Waals surface area contributed by atoms with Gasteiger partial charge in [0, 0.05) is 19.5 Å². The van der Waals surface area contributed by atoms with E-state index in [1.54, 1.807) is 24.0 Å². The van der Waals surface area contributed by atoms with Crippen LogP contribution in [0, 0.1) is 18.7 Å². The van der Waals surface area contributed by atoms with Gasteiger partial charge in [0.1, 0.15) is 10.7 Å². The fourth-order valence-electron chi connectivity index (χ4n) is 3.01. The number of carboxylic acid groups (broad SMARTS) is 1. The van der Waals surface area contributed by atoms with E-state index in [1.807, 2.05) is 0 Å². The number of hydrogen-bond acceptors (Lipinski definition) is 4. The van der Waals surface area contributed by atoms with Crippen molar-refractivity contribution in [2.24, 2.45) is 5.92 Å². The third kappa shape index (κ3) is 4.04. The fraction of sp³-hybridized carbons (Fsp3) is 0.389. The summed E-state index contributed by atoms with van der Waals surface area (Å²) < 4.78 is 13.0. The molecule has 2 aromatic rings. The molecule has 0 radical (unpaired) electrons. The van der Waals surface area contributed by atoms with Crippen LogP contribution in [0.15, 0.2) is 24.3 Å². The van der Waals surface area contributed by atoms with Gasteiger partial charge in [0.25, 0.3) is 5.91 Å². The van der Waals surface area contributed by atoms with E-state index < -0.39 is 11.9 Å². The van der Waals surface area contributed by atoms with Crippen LogP contribution in [0.2, 0.25) is 0 Å². The summed E-state index contributed by atoms with van der Waals surface area (Å²) in [5.74, 6) is -1.78. The Balaban J connectivity index is 1.74. The molecule has 1 aromatic carbocycles. The molecule has 3 rings (SSSR count). The second kappa shape index (κ2) is 7.31. The minimum absolute atomic E-state index is 0.147. The first-order valence-corrected chi connectivity index (χ1v) is 8.98. The molecule has 2 heterocycles. The second-order valence-electron chi connectivity index (χ2n) is 6.25. The summed E-state index contributed by atoms with van der Waals surface area (Å²) in [7, 11) is 0. The average Bonchev–Trinajstić information content (AvgIpc) is 2.96. The number of carbonyl (C=O) groups is 2. The molecule has 1 atom stereocenters. The van der Waals surface area contributed by atoms with Gasteiger partial charge in [-0.15, -0.1) is 11.3 Å². The first-order chi connectivity index (χ1) is 11.9. The molecule has 1 N–H and O–H groups in total. The lowest BCUT2D eigenvalue weighted by Crippen LogP contribution is -2.42. The van der Waals surface area contributed by atoms with Crippen LogP contribution < -0.4 is 0 Å². The van der Waals surface area contributed by atoms with Crippen molar-refractivity contribution < 1.29 is 19.1 Å². The highest BCUT2D eigenvalue weighted by Crippen LogP contribution is 2.25. The Hall–Kier alpha value is -2.28. The van der Waals surface area contributed by atoms with Crippen molar-refractivity contribution in [3.63, 3.8) is 0 Å². The number of likely N-dealkylation sites (tertiary alicyclic amines) is 1. The minimum atomic E-state index is -0.851. The Labute approximate surface area is 149 Å². The Morgan fingerprint density at radius 2 is 2.08 bits per heavy atom. The maximum Gasteiger partial charge on any atom is 0.308 e. The van der Waals surface area contributed by atoms with Gasteiger partial charge in [0.15, 0.2) is 0 Å². The Kier molecular flexibility index (Phi) is 5.13. The summed E-state index contributed by atoms with van der Waals surface area (Å²) in [5.41, 5.74) is 1.59. The molecule has 132 valence electrons. The van der Waals surface area contributed by atoms with Gasteiger partial charge in [0.05, 0.1) is 16.6 Å². The number of benzene rings is 1.